The van der Waals surface area contributed by atoms with Crippen LogP contribution >= 0.6 is 0 Å². The number of aryl methyl sites for hydroxylation is 1. The average Bonchev–Trinajstić information content (AvgIpc) is 3.32. The van der Waals surface area contributed by atoms with E-state index in [0.29, 0.717) is 24.2 Å². The van der Waals surface area contributed by atoms with Crippen molar-refractivity contribution in [3.63, 3.8) is 0 Å². The van der Waals surface area contributed by atoms with Gasteiger partial charge >= 0.3 is 0 Å². The number of hydrogen-bond acceptors (Lipinski definition) is 9. The monoisotopic (exact) mass is 547 g/mol. The molecule has 39 heavy (non-hydrogen) atoms. The van der Waals surface area contributed by atoms with E-state index in [0.717, 1.165) is 52.2 Å². The number of pyridine rings is 3. The molecular formula is C28H33N7O3S. The van der Waals surface area contributed by atoms with E-state index in [-0.39, 0.29) is 17.7 Å². The number of hydrogen-bond donors (Lipinski definition) is 1. The molecule has 1 aliphatic carbocycles. The van der Waals surface area contributed by atoms with Gasteiger partial charge in [-0.15, -0.1) is 0 Å². The third-order valence-corrected chi connectivity index (χ3v) is 8.99. The molecule has 0 bridgehead atoms. The van der Waals surface area contributed by atoms with Gasteiger partial charge in [0.2, 0.25) is 0 Å². The maximum Gasteiger partial charge on any atom is 0.158 e. The predicted molar refractivity (Wildman–Crippen MR) is 152 cm³/mol. The number of anilines is 2. The van der Waals surface area contributed by atoms with Gasteiger partial charge in [-0.1, -0.05) is 0 Å². The van der Waals surface area contributed by atoms with Gasteiger partial charge in [0.1, 0.15) is 21.4 Å². The highest BCUT2D eigenvalue weighted by Crippen LogP contribution is 2.36. The molecule has 0 radical (unpaired) electrons. The summed E-state index contributed by atoms with van der Waals surface area (Å²) in [4.78, 5) is 16.3. The first-order valence-electron chi connectivity index (χ1n) is 13.3. The molecule has 2 atom stereocenters. The van der Waals surface area contributed by atoms with E-state index in [1.807, 2.05) is 36.0 Å². The molecule has 1 aliphatic heterocycles. The Balaban J connectivity index is 1.42. The molecule has 2 aliphatic rings. The molecular weight excluding hydrogens is 514 g/mol. The molecule has 2 fully saturated rings. The zero-order valence-corrected chi connectivity index (χ0v) is 23.4. The molecule has 5 heterocycles. The summed E-state index contributed by atoms with van der Waals surface area (Å²) in [5.74, 6) is 2.50. The lowest BCUT2D eigenvalue weighted by Gasteiger charge is -2.48. The van der Waals surface area contributed by atoms with Gasteiger partial charge in [-0.25, -0.2) is 18.1 Å². The molecule has 1 N–H and O–H groups in total. The van der Waals surface area contributed by atoms with Gasteiger partial charge in [0.15, 0.2) is 5.82 Å². The zero-order chi connectivity index (χ0) is 27.3. The van der Waals surface area contributed by atoms with Crippen molar-refractivity contribution in [1.82, 2.24) is 24.7 Å². The molecule has 0 unspecified atom stereocenters. The Morgan fingerprint density at radius 3 is 2.67 bits per heavy atom. The Bertz CT molecular complexity index is 1650. The van der Waals surface area contributed by atoms with Crippen LogP contribution in [0.3, 0.4) is 0 Å². The molecule has 4 aromatic rings. The lowest BCUT2D eigenvalue weighted by atomic mass is 9.91. The Morgan fingerprint density at radius 1 is 1.15 bits per heavy atom. The average molecular weight is 548 g/mol. The minimum Gasteiger partial charge on any atom is -0.496 e. The second-order valence-electron chi connectivity index (χ2n) is 10.7. The Labute approximate surface area is 228 Å². The second-order valence-corrected chi connectivity index (χ2v) is 12.9. The van der Waals surface area contributed by atoms with Crippen molar-refractivity contribution in [3.8, 4) is 22.8 Å². The largest absolute Gasteiger partial charge is 0.496 e. The van der Waals surface area contributed by atoms with Gasteiger partial charge in [-0.05, 0) is 45.2 Å². The summed E-state index contributed by atoms with van der Waals surface area (Å²) in [5, 5.41) is 9.25. The Kier molecular flexibility index (Phi) is 6.41. The SMILES string of the molecule is COc1ccncc1-c1cc2c(cnn2-c2cc(N3C[C@H](CS(C)(=O)=O)[C@H]3C)cc(NC3CCC3)n2)c(C)n1. The van der Waals surface area contributed by atoms with E-state index in [1.165, 1.54) is 12.7 Å². The molecule has 204 valence electrons. The maximum absolute atomic E-state index is 11.9. The molecule has 4 aromatic heterocycles. The standard InChI is InChI=1S/C28H33N7O3S/c1-17-22-14-30-35(25(22)12-24(31-17)23-13-29-9-8-26(23)38-3)28-11-21(10-27(33-28)32-20-6-5-7-20)34-15-19(18(34)2)16-39(4,36)37/h8-14,18-20H,5-7,15-16H2,1-4H3,(H,32,33)/t18-,19-/m1/s1. The van der Waals surface area contributed by atoms with E-state index >= 15 is 0 Å². The van der Waals surface area contributed by atoms with Crippen LogP contribution in [0.25, 0.3) is 28.0 Å². The molecule has 0 spiro atoms. The van der Waals surface area contributed by atoms with Gasteiger partial charge in [-0.2, -0.15) is 5.10 Å². The molecule has 0 aromatic carbocycles. The predicted octanol–water partition coefficient (Wildman–Crippen LogP) is 4.03. The minimum absolute atomic E-state index is 0.107. The first kappa shape index (κ1) is 25.5. The summed E-state index contributed by atoms with van der Waals surface area (Å²) in [7, 11) is -1.39. The number of nitrogens with one attached hydrogen (secondary N) is 1. The lowest BCUT2D eigenvalue weighted by Crippen LogP contribution is -2.57. The lowest BCUT2D eigenvalue weighted by molar-refractivity contribution is 0.341. The van der Waals surface area contributed by atoms with Gasteiger partial charge in [0.05, 0.1) is 35.8 Å². The van der Waals surface area contributed by atoms with Gasteiger partial charge in [0.25, 0.3) is 0 Å². The van der Waals surface area contributed by atoms with Crippen LogP contribution < -0.4 is 15.0 Å². The number of rotatable bonds is 8. The maximum atomic E-state index is 11.9. The van der Waals surface area contributed by atoms with Gasteiger partial charge in [0, 0.05) is 72.1 Å². The van der Waals surface area contributed by atoms with E-state index in [2.05, 4.69) is 28.2 Å². The first-order chi connectivity index (χ1) is 18.7. The van der Waals surface area contributed by atoms with Crippen molar-refractivity contribution in [2.75, 3.05) is 35.9 Å². The number of fused-ring (bicyclic) bond motifs is 1. The molecule has 10 nitrogen and oxygen atoms in total. The van der Waals surface area contributed by atoms with Crippen molar-refractivity contribution in [2.24, 2.45) is 5.92 Å². The highest BCUT2D eigenvalue weighted by Gasteiger charge is 2.38. The van der Waals surface area contributed by atoms with E-state index < -0.39 is 9.84 Å². The van der Waals surface area contributed by atoms with Crippen molar-refractivity contribution in [3.05, 3.63) is 48.5 Å². The van der Waals surface area contributed by atoms with Crippen LogP contribution in [0, 0.1) is 12.8 Å². The van der Waals surface area contributed by atoms with Crippen molar-refractivity contribution in [1.29, 1.82) is 0 Å². The van der Waals surface area contributed by atoms with Crippen LogP contribution in [-0.2, 0) is 9.84 Å². The number of ether oxygens (including phenoxy) is 1. The molecule has 0 amide bonds. The molecule has 6 rings (SSSR count). The van der Waals surface area contributed by atoms with E-state index in [1.54, 1.807) is 19.5 Å². The Morgan fingerprint density at radius 2 is 1.97 bits per heavy atom. The molecule has 1 saturated carbocycles. The van der Waals surface area contributed by atoms with E-state index in [9.17, 15) is 8.42 Å². The van der Waals surface area contributed by atoms with Gasteiger partial charge < -0.3 is 15.0 Å². The summed E-state index contributed by atoms with van der Waals surface area (Å²) in [6.07, 6.45) is 10.1. The summed E-state index contributed by atoms with van der Waals surface area (Å²) >= 11 is 0. The summed E-state index contributed by atoms with van der Waals surface area (Å²) < 4.78 is 31.2. The van der Waals surface area contributed by atoms with Crippen LogP contribution in [0.15, 0.2) is 42.9 Å². The zero-order valence-electron chi connectivity index (χ0n) is 22.6. The fraction of sp³-hybridized carbons (Fsp3) is 0.429. The topological polar surface area (TPSA) is 115 Å². The highest BCUT2D eigenvalue weighted by atomic mass is 32.2. The van der Waals surface area contributed by atoms with Crippen molar-refractivity contribution >= 4 is 32.2 Å². The second kappa shape index (κ2) is 9.78. The molecule has 1 saturated heterocycles. The normalized spacial score (nSPS) is 19.5. The van der Waals surface area contributed by atoms with E-state index in [4.69, 9.17) is 19.8 Å². The summed E-state index contributed by atoms with van der Waals surface area (Å²) in [6, 6.07) is 8.44. The highest BCUT2D eigenvalue weighted by molar-refractivity contribution is 7.90. The van der Waals surface area contributed by atoms with Crippen LogP contribution in [0.1, 0.15) is 31.9 Å². The van der Waals surface area contributed by atoms with Crippen LogP contribution in [0.2, 0.25) is 0 Å². The number of methoxy groups -OCH3 is 1. The minimum atomic E-state index is -3.03. The summed E-state index contributed by atoms with van der Waals surface area (Å²) in [5.41, 5.74) is 4.29. The number of nitrogens with zero attached hydrogens (tertiary/aromatic N) is 6. The van der Waals surface area contributed by atoms with Crippen LogP contribution in [0.4, 0.5) is 11.5 Å². The number of sulfone groups is 1. The quantitative estimate of drug-likeness (QED) is 0.349. The van der Waals surface area contributed by atoms with Crippen LogP contribution in [-0.4, -0.2) is 70.9 Å². The summed E-state index contributed by atoms with van der Waals surface area (Å²) in [6.45, 7) is 4.75. The molecule has 11 heteroatoms. The Hall–Kier alpha value is -3.73. The van der Waals surface area contributed by atoms with Gasteiger partial charge in [-0.3, -0.25) is 9.97 Å². The fourth-order valence-corrected chi connectivity index (χ4v) is 6.63. The third kappa shape index (κ3) is 4.91. The van der Waals surface area contributed by atoms with Crippen LogP contribution in [0.5, 0.6) is 5.75 Å². The smallest absolute Gasteiger partial charge is 0.158 e. The van der Waals surface area contributed by atoms with Crippen molar-refractivity contribution < 1.29 is 13.2 Å². The fourth-order valence-electron chi connectivity index (χ4n) is 5.47. The number of aromatic nitrogens is 5. The first-order valence-corrected chi connectivity index (χ1v) is 15.3. The third-order valence-electron chi connectivity index (χ3n) is 7.96. The van der Waals surface area contributed by atoms with Crippen molar-refractivity contribution in [2.45, 2.75) is 45.2 Å².